The minimum absolute atomic E-state index is 0.126. The second kappa shape index (κ2) is 8.02. The largest absolute Gasteiger partial charge is 0.481 e. The van der Waals surface area contributed by atoms with Crippen LogP contribution in [0.25, 0.3) is 0 Å². The van der Waals surface area contributed by atoms with Gasteiger partial charge in [0.2, 0.25) is 0 Å². The van der Waals surface area contributed by atoms with Crippen molar-refractivity contribution >= 4 is 5.97 Å². The van der Waals surface area contributed by atoms with Gasteiger partial charge in [-0.2, -0.15) is 0 Å². The third kappa shape index (κ3) is 4.76. The number of ether oxygens (including phenoxy) is 1. The van der Waals surface area contributed by atoms with Crippen LogP contribution >= 0.6 is 0 Å². The molecule has 0 saturated heterocycles. The van der Waals surface area contributed by atoms with Crippen LogP contribution in [-0.2, 0) is 9.53 Å². The first kappa shape index (κ1) is 15.8. The Morgan fingerprint density at radius 2 is 1.60 bits per heavy atom. The van der Waals surface area contributed by atoms with Gasteiger partial charge in [-0.1, -0.05) is 32.6 Å². The van der Waals surface area contributed by atoms with Crippen LogP contribution in [0.3, 0.4) is 0 Å². The highest BCUT2D eigenvalue weighted by Gasteiger charge is 2.27. The number of carboxylic acids is 1. The van der Waals surface area contributed by atoms with E-state index in [1.807, 2.05) is 0 Å². The Bertz CT molecular complexity index is 287. The number of rotatable bonds is 6. The molecule has 0 atom stereocenters. The molecule has 1 N–H and O–H groups in total. The number of hydrogen-bond acceptors (Lipinski definition) is 2. The van der Waals surface area contributed by atoms with Crippen molar-refractivity contribution < 1.29 is 14.6 Å². The predicted molar refractivity (Wildman–Crippen MR) is 79.7 cm³/mol. The molecule has 3 nitrogen and oxygen atoms in total. The van der Waals surface area contributed by atoms with Crippen LogP contribution < -0.4 is 0 Å². The molecule has 0 unspecified atom stereocenters. The normalized spacial score (nSPS) is 34.9. The predicted octanol–water partition coefficient (Wildman–Crippen LogP) is 4.25. The lowest BCUT2D eigenvalue weighted by Gasteiger charge is -2.31. The van der Waals surface area contributed by atoms with Gasteiger partial charge < -0.3 is 9.84 Å². The molecule has 2 saturated carbocycles. The SMILES string of the molecule is CCCC1CCC(COC2CCC(C(=O)O)CC2)CC1. The van der Waals surface area contributed by atoms with Gasteiger partial charge in [0.05, 0.1) is 12.0 Å². The molecule has 116 valence electrons. The average Bonchev–Trinajstić information content (AvgIpc) is 2.47. The van der Waals surface area contributed by atoms with Crippen molar-refractivity contribution in [3.63, 3.8) is 0 Å². The fourth-order valence-electron chi connectivity index (χ4n) is 3.84. The van der Waals surface area contributed by atoms with E-state index in [4.69, 9.17) is 9.84 Å². The summed E-state index contributed by atoms with van der Waals surface area (Å²) in [5.74, 6) is 0.958. The van der Waals surface area contributed by atoms with Gasteiger partial charge in [-0.25, -0.2) is 0 Å². The lowest BCUT2D eigenvalue weighted by Crippen LogP contribution is -2.28. The summed E-state index contributed by atoms with van der Waals surface area (Å²) in [5, 5.41) is 8.99. The van der Waals surface area contributed by atoms with Crippen LogP contribution in [0.4, 0.5) is 0 Å². The summed E-state index contributed by atoms with van der Waals surface area (Å²) >= 11 is 0. The van der Waals surface area contributed by atoms with Gasteiger partial charge >= 0.3 is 5.97 Å². The van der Waals surface area contributed by atoms with E-state index in [0.717, 1.165) is 44.1 Å². The molecule has 2 rings (SSSR count). The average molecular weight is 282 g/mol. The lowest BCUT2D eigenvalue weighted by molar-refractivity contribution is -0.143. The zero-order valence-corrected chi connectivity index (χ0v) is 12.9. The number of carbonyl (C=O) groups is 1. The quantitative estimate of drug-likeness (QED) is 0.792. The molecule has 0 aromatic carbocycles. The third-order valence-electron chi connectivity index (χ3n) is 5.25. The molecule has 0 amide bonds. The van der Waals surface area contributed by atoms with E-state index in [-0.39, 0.29) is 5.92 Å². The summed E-state index contributed by atoms with van der Waals surface area (Å²) in [4.78, 5) is 10.9. The second-order valence-electron chi connectivity index (χ2n) is 6.82. The van der Waals surface area contributed by atoms with E-state index in [2.05, 4.69) is 6.92 Å². The Morgan fingerprint density at radius 1 is 1.00 bits per heavy atom. The maximum Gasteiger partial charge on any atom is 0.306 e. The van der Waals surface area contributed by atoms with Crippen LogP contribution in [-0.4, -0.2) is 23.8 Å². The molecule has 0 spiro atoms. The lowest BCUT2D eigenvalue weighted by atomic mass is 9.80. The highest BCUT2D eigenvalue weighted by Crippen LogP contribution is 2.33. The fraction of sp³-hybridized carbons (Fsp3) is 0.941. The first-order valence-electron chi connectivity index (χ1n) is 8.53. The van der Waals surface area contributed by atoms with Gasteiger partial charge in [0, 0.05) is 6.61 Å². The van der Waals surface area contributed by atoms with Crippen LogP contribution in [0.2, 0.25) is 0 Å². The monoisotopic (exact) mass is 282 g/mol. The van der Waals surface area contributed by atoms with Crippen LogP contribution in [0, 0.1) is 17.8 Å². The fourth-order valence-corrected chi connectivity index (χ4v) is 3.84. The summed E-state index contributed by atoms with van der Waals surface area (Å²) in [7, 11) is 0. The molecule has 3 heteroatoms. The van der Waals surface area contributed by atoms with E-state index in [1.54, 1.807) is 0 Å². The molecule has 0 radical (unpaired) electrons. The van der Waals surface area contributed by atoms with Gasteiger partial charge in [-0.05, 0) is 50.4 Å². The topological polar surface area (TPSA) is 46.5 Å². The van der Waals surface area contributed by atoms with Crippen molar-refractivity contribution in [2.45, 2.75) is 77.2 Å². The Kier molecular flexibility index (Phi) is 6.34. The molecule has 0 heterocycles. The molecule has 2 fully saturated rings. The summed E-state index contributed by atoms with van der Waals surface area (Å²) in [6.45, 7) is 3.18. The maximum absolute atomic E-state index is 10.9. The van der Waals surface area contributed by atoms with Crippen LogP contribution in [0.5, 0.6) is 0 Å². The van der Waals surface area contributed by atoms with Crippen molar-refractivity contribution in [3.8, 4) is 0 Å². The van der Waals surface area contributed by atoms with Crippen molar-refractivity contribution in [1.29, 1.82) is 0 Å². The Labute approximate surface area is 123 Å². The first-order chi connectivity index (χ1) is 9.69. The number of hydrogen-bond donors (Lipinski definition) is 1. The Morgan fingerprint density at radius 3 is 2.15 bits per heavy atom. The summed E-state index contributed by atoms with van der Waals surface area (Å²) in [5.41, 5.74) is 0. The van der Waals surface area contributed by atoms with Crippen LogP contribution in [0.15, 0.2) is 0 Å². The number of aliphatic carboxylic acids is 1. The van der Waals surface area contributed by atoms with Gasteiger partial charge in [-0.15, -0.1) is 0 Å². The first-order valence-corrected chi connectivity index (χ1v) is 8.53. The van der Waals surface area contributed by atoms with Gasteiger partial charge in [0.1, 0.15) is 0 Å². The summed E-state index contributed by atoms with van der Waals surface area (Å²) in [6, 6.07) is 0. The smallest absolute Gasteiger partial charge is 0.306 e. The second-order valence-corrected chi connectivity index (χ2v) is 6.82. The van der Waals surface area contributed by atoms with Crippen LogP contribution in [0.1, 0.15) is 71.1 Å². The van der Waals surface area contributed by atoms with Crippen molar-refractivity contribution in [3.05, 3.63) is 0 Å². The molecule has 20 heavy (non-hydrogen) atoms. The Hall–Kier alpha value is -0.570. The molecular weight excluding hydrogens is 252 g/mol. The highest BCUT2D eigenvalue weighted by molar-refractivity contribution is 5.70. The Balaban J connectivity index is 1.59. The molecule has 0 bridgehead atoms. The van der Waals surface area contributed by atoms with Crippen molar-refractivity contribution in [1.82, 2.24) is 0 Å². The van der Waals surface area contributed by atoms with Crippen molar-refractivity contribution in [2.24, 2.45) is 17.8 Å². The minimum atomic E-state index is -0.627. The summed E-state index contributed by atoms with van der Waals surface area (Å²) in [6.07, 6.45) is 11.9. The van der Waals surface area contributed by atoms with E-state index >= 15 is 0 Å². The zero-order chi connectivity index (χ0) is 14.4. The molecule has 2 aliphatic rings. The van der Waals surface area contributed by atoms with E-state index in [0.29, 0.717) is 6.10 Å². The zero-order valence-electron chi connectivity index (χ0n) is 12.9. The standard InChI is InChI=1S/C17H30O3/c1-2-3-13-4-6-14(7-5-13)12-20-16-10-8-15(9-11-16)17(18)19/h13-16H,2-12H2,1H3,(H,18,19). The van der Waals surface area contributed by atoms with E-state index < -0.39 is 5.97 Å². The molecular formula is C17H30O3. The molecule has 2 aliphatic carbocycles. The molecule has 0 aromatic heterocycles. The minimum Gasteiger partial charge on any atom is -0.481 e. The van der Waals surface area contributed by atoms with Crippen molar-refractivity contribution in [2.75, 3.05) is 6.61 Å². The highest BCUT2D eigenvalue weighted by atomic mass is 16.5. The summed E-state index contributed by atoms with van der Waals surface area (Å²) < 4.78 is 6.05. The molecule has 0 aromatic rings. The maximum atomic E-state index is 10.9. The van der Waals surface area contributed by atoms with Gasteiger partial charge in [0.15, 0.2) is 0 Å². The van der Waals surface area contributed by atoms with Gasteiger partial charge in [0.25, 0.3) is 0 Å². The van der Waals surface area contributed by atoms with E-state index in [9.17, 15) is 4.79 Å². The molecule has 0 aliphatic heterocycles. The van der Waals surface area contributed by atoms with Gasteiger partial charge in [-0.3, -0.25) is 4.79 Å². The number of carboxylic acid groups (broad SMARTS) is 1. The third-order valence-corrected chi connectivity index (χ3v) is 5.25. The van der Waals surface area contributed by atoms with E-state index in [1.165, 1.54) is 38.5 Å².